The summed E-state index contributed by atoms with van der Waals surface area (Å²) in [5, 5.41) is 8.20. The van der Waals surface area contributed by atoms with E-state index in [-0.39, 0.29) is 11.4 Å². The Balaban J connectivity index is 1.44. The van der Waals surface area contributed by atoms with Gasteiger partial charge in [0.25, 0.3) is 0 Å². The summed E-state index contributed by atoms with van der Waals surface area (Å²) >= 11 is 1.76. The van der Waals surface area contributed by atoms with Crippen LogP contribution in [0.5, 0.6) is 0 Å². The van der Waals surface area contributed by atoms with Gasteiger partial charge in [-0.1, -0.05) is 18.2 Å². The van der Waals surface area contributed by atoms with E-state index in [2.05, 4.69) is 66.7 Å². The number of aromatic nitrogens is 1. The minimum atomic E-state index is -0.0146. The molecule has 30 heavy (non-hydrogen) atoms. The minimum absolute atomic E-state index is 0.0140. The van der Waals surface area contributed by atoms with Crippen molar-refractivity contribution in [3.63, 3.8) is 0 Å². The maximum absolute atomic E-state index is 12.7. The van der Waals surface area contributed by atoms with Crippen molar-refractivity contribution in [1.29, 1.82) is 0 Å². The Bertz CT molecular complexity index is 1120. The fourth-order valence-corrected chi connectivity index (χ4v) is 4.84. The molecular weight excluding hydrogens is 392 g/mol. The van der Waals surface area contributed by atoms with Crippen LogP contribution < -0.4 is 10.6 Å². The van der Waals surface area contributed by atoms with E-state index >= 15 is 0 Å². The Kier molecular flexibility index (Phi) is 5.62. The number of pyridine rings is 1. The van der Waals surface area contributed by atoms with Gasteiger partial charge in [-0.25, -0.2) is 4.98 Å². The van der Waals surface area contributed by atoms with Gasteiger partial charge in [0.1, 0.15) is 5.82 Å². The molecule has 4 rings (SSSR count). The molecule has 0 saturated heterocycles. The van der Waals surface area contributed by atoms with E-state index in [4.69, 9.17) is 0 Å². The molecule has 0 radical (unpaired) electrons. The lowest BCUT2D eigenvalue weighted by Crippen LogP contribution is -2.42. The van der Waals surface area contributed by atoms with E-state index in [1.165, 1.54) is 20.5 Å². The molecule has 2 aromatic heterocycles. The van der Waals surface area contributed by atoms with Gasteiger partial charge < -0.3 is 15.5 Å². The van der Waals surface area contributed by atoms with Crippen LogP contribution in [0.1, 0.15) is 35.4 Å². The quantitative estimate of drug-likeness (QED) is 0.607. The maximum Gasteiger partial charge on any atom is 0.246 e. The molecule has 0 spiro atoms. The Morgan fingerprint density at radius 3 is 2.93 bits per heavy atom. The fourth-order valence-electron chi connectivity index (χ4n) is 3.58. The lowest BCUT2D eigenvalue weighted by atomic mass is 10.1. The number of rotatable bonds is 4. The number of anilines is 1. The largest absolute Gasteiger partial charge is 0.368 e. The van der Waals surface area contributed by atoms with E-state index in [1.807, 2.05) is 19.3 Å². The Morgan fingerprint density at radius 1 is 1.33 bits per heavy atom. The molecule has 0 saturated carbocycles. The average Bonchev–Trinajstić information content (AvgIpc) is 2.95. The van der Waals surface area contributed by atoms with Crippen LogP contribution in [0.3, 0.4) is 0 Å². The number of fused-ring (bicyclic) bond motifs is 2. The molecule has 0 unspecified atom stereocenters. The van der Waals surface area contributed by atoms with Gasteiger partial charge >= 0.3 is 0 Å². The highest BCUT2D eigenvalue weighted by molar-refractivity contribution is 7.19. The lowest BCUT2D eigenvalue weighted by molar-refractivity contribution is -0.125. The van der Waals surface area contributed by atoms with Gasteiger partial charge in [-0.15, -0.1) is 11.3 Å². The molecule has 0 bridgehead atoms. The number of hydrogen-bond donors (Lipinski definition) is 2. The standard InChI is InChI=1S/C24H28N4OS/c1-16-19-7-5-6-8-20(19)30-21(16)14-28(4)22(29)10-9-17-11-18-13-27-24(2,3)15-26-23(18)25-12-17/h5-12,27H,13-15H2,1-4H3,(H,25,26)/b10-9+. The first-order chi connectivity index (χ1) is 14.3. The van der Waals surface area contributed by atoms with Crippen molar-refractivity contribution >= 4 is 39.2 Å². The number of aryl methyl sites for hydroxylation is 1. The number of likely N-dealkylation sites (N-methyl/N-ethyl adjacent to an activating group) is 1. The van der Waals surface area contributed by atoms with Crippen LogP contribution in [0.15, 0.2) is 42.6 Å². The first kappa shape index (κ1) is 20.6. The van der Waals surface area contributed by atoms with Gasteiger partial charge in [-0.3, -0.25) is 4.79 Å². The van der Waals surface area contributed by atoms with E-state index in [0.717, 1.165) is 30.0 Å². The second-order valence-corrected chi connectivity index (χ2v) is 9.68. The molecule has 0 atom stereocenters. The fraction of sp³-hybridized carbons (Fsp3) is 0.333. The summed E-state index contributed by atoms with van der Waals surface area (Å²) in [7, 11) is 1.85. The van der Waals surface area contributed by atoms with Crippen molar-refractivity contribution in [1.82, 2.24) is 15.2 Å². The number of carbonyl (C=O) groups is 1. The highest BCUT2D eigenvalue weighted by atomic mass is 32.1. The van der Waals surface area contributed by atoms with Crippen LogP contribution in [0.2, 0.25) is 0 Å². The molecular formula is C24H28N4OS. The predicted octanol–water partition coefficient (Wildman–Crippen LogP) is 4.57. The van der Waals surface area contributed by atoms with Crippen LogP contribution in [0, 0.1) is 6.92 Å². The molecule has 0 fully saturated rings. The van der Waals surface area contributed by atoms with Crippen LogP contribution in [0.25, 0.3) is 16.2 Å². The Labute approximate surface area is 181 Å². The Hall–Kier alpha value is -2.70. The second-order valence-electron chi connectivity index (χ2n) is 8.54. The number of hydrogen-bond acceptors (Lipinski definition) is 5. The van der Waals surface area contributed by atoms with Gasteiger partial charge in [-0.2, -0.15) is 0 Å². The zero-order valence-electron chi connectivity index (χ0n) is 18.0. The molecule has 1 aromatic carbocycles. The maximum atomic E-state index is 12.7. The summed E-state index contributed by atoms with van der Waals surface area (Å²) in [5.74, 6) is 0.896. The van der Waals surface area contributed by atoms with Gasteiger partial charge in [-0.05, 0) is 55.5 Å². The molecule has 3 heterocycles. The lowest BCUT2D eigenvalue weighted by Gasteiger charge is -2.23. The normalized spacial score (nSPS) is 15.6. The van der Waals surface area contributed by atoms with Crippen molar-refractivity contribution in [2.24, 2.45) is 0 Å². The molecule has 1 amide bonds. The van der Waals surface area contributed by atoms with Gasteiger partial charge in [0, 0.05) is 53.1 Å². The molecule has 0 aliphatic carbocycles. The highest BCUT2D eigenvalue weighted by Crippen LogP contribution is 2.31. The SMILES string of the molecule is Cc1c(CN(C)C(=O)/C=C/c2cnc3c(c2)CNC(C)(C)CN3)sc2ccccc12. The molecule has 156 valence electrons. The molecule has 1 aliphatic rings. The number of carbonyl (C=O) groups excluding carboxylic acids is 1. The van der Waals surface area contributed by atoms with Crippen LogP contribution in [-0.2, 0) is 17.9 Å². The van der Waals surface area contributed by atoms with Crippen molar-refractivity contribution in [2.45, 2.75) is 39.4 Å². The highest BCUT2D eigenvalue weighted by Gasteiger charge is 2.22. The van der Waals surface area contributed by atoms with Gasteiger partial charge in [0.2, 0.25) is 5.91 Å². The summed E-state index contributed by atoms with van der Waals surface area (Å²) in [6.45, 7) is 8.65. The monoisotopic (exact) mass is 420 g/mol. The molecule has 6 heteroatoms. The van der Waals surface area contributed by atoms with E-state index in [1.54, 1.807) is 22.3 Å². The third-order valence-electron chi connectivity index (χ3n) is 5.56. The molecule has 1 aliphatic heterocycles. The minimum Gasteiger partial charge on any atom is -0.368 e. The first-order valence-electron chi connectivity index (χ1n) is 10.2. The summed E-state index contributed by atoms with van der Waals surface area (Å²) in [5.41, 5.74) is 3.32. The van der Waals surface area contributed by atoms with Crippen LogP contribution in [-0.4, -0.2) is 34.9 Å². The van der Waals surface area contributed by atoms with Crippen molar-refractivity contribution in [2.75, 3.05) is 18.9 Å². The molecule has 5 nitrogen and oxygen atoms in total. The Morgan fingerprint density at radius 2 is 2.13 bits per heavy atom. The van der Waals surface area contributed by atoms with Crippen molar-refractivity contribution in [3.8, 4) is 0 Å². The van der Waals surface area contributed by atoms with Crippen molar-refractivity contribution in [3.05, 3.63) is 64.2 Å². The molecule has 3 aromatic rings. The smallest absolute Gasteiger partial charge is 0.246 e. The van der Waals surface area contributed by atoms with E-state index in [0.29, 0.717) is 6.54 Å². The predicted molar refractivity (Wildman–Crippen MR) is 126 cm³/mol. The third kappa shape index (κ3) is 4.40. The number of nitrogens with one attached hydrogen (secondary N) is 2. The average molecular weight is 421 g/mol. The third-order valence-corrected chi connectivity index (χ3v) is 6.82. The first-order valence-corrected chi connectivity index (χ1v) is 11.0. The number of nitrogens with zero attached hydrogens (tertiary/aromatic N) is 2. The van der Waals surface area contributed by atoms with Crippen molar-refractivity contribution < 1.29 is 4.79 Å². The van der Waals surface area contributed by atoms with E-state index < -0.39 is 0 Å². The van der Waals surface area contributed by atoms with Gasteiger partial charge in [0.05, 0.1) is 6.54 Å². The summed E-state index contributed by atoms with van der Waals surface area (Å²) in [6.07, 6.45) is 5.29. The second kappa shape index (κ2) is 8.20. The van der Waals surface area contributed by atoms with E-state index in [9.17, 15) is 4.79 Å². The zero-order chi connectivity index (χ0) is 21.3. The number of amides is 1. The zero-order valence-corrected chi connectivity index (χ0v) is 18.8. The number of thiophene rings is 1. The summed E-state index contributed by atoms with van der Waals surface area (Å²) in [4.78, 5) is 20.2. The van der Waals surface area contributed by atoms with Gasteiger partial charge in [0.15, 0.2) is 0 Å². The molecule has 2 N–H and O–H groups in total. The number of benzene rings is 1. The summed E-state index contributed by atoms with van der Waals surface area (Å²) < 4.78 is 1.27. The topological polar surface area (TPSA) is 57.3 Å². The van der Waals surface area contributed by atoms with Crippen LogP contribution in [0.4, 0.5) is 5.82 Å². The van der Waals surface area contributed by atoms with Crippen LogP contribution >= 0.6 is 11.3 Å². The summed E-state index contributed by atoms with van der Waals surface area (Å²) in [6, 6.07) is 10.5.